The average Bonchev–Trinajstić information content (AvgIpc) is 3.09. The molecule has 7 nitrogen and oxygen atoms in total. The highest BCUT2D eigenvalue weighted by Gasteiger charge is 2.30. The molecule has 2 aromatic heterocycles. The van der Waals surface area contributed by atoms with Crippen molar-refractivity contribution in [1.29, 1.82) is 0 Å². The van der Waals surface area contributed by atoms with Gasteiger partial charge in [0.2, 0.25) is 5.91 Å². The van der Waals surface area contributed by atoms with Gasteiger partial charge in [-0.3, -0.25) is 4.79 Å². The second-order valence-electron chi connectivity index (χ2n) is 7.15. The van der Waals surface area contributed by atoms with Crippen LogP contribution in [0, 0.1) is 11.8 Å². The molecule has 2 unspecified atom stereocenters. The summed E-state index contributed by atoms with van der Waals surface area (Å²) in [5.41, 5.74) is 0. The van der Waals surface area contributed by atoms with E-state index in [0.29, 0.717) is 13.0 Å². The first-order chi connectivity index (χ1) is 12.5. The van der Waals surface area contributed by atoms with Crippen LogP contribution in [0.2, 0.25) is 0 Å². The minimum atomic E-state index is -0.976. The lowest BCUT2D eigenvalue weighted by Crippen LogP contribution is -2.48. The maximum absolute atomic E-state index is 12.7. The summed E-state index contributed by atoms with van der Waals surface area (Å²) in [6, 6.07) is 1.17. The van der Waals surface area contributed by atoms with Crippen molar-refractivity contribution in [1.82, 2.24) is 15.3 Å². The van der Waals surface area contributed by atoms with Crippen molar-refractivity contribution in [2.75, 3.05) is 18.0 Å². The smallest absolute Gasteiger partial charge is 0.326 e. The van der Waals surface area contributed by atoms with Gasteiger partial charge in [-0.15, -0.1) is 11.3 Å². The summed E-state index contributed by atoms with van der Waals surface area (Å²) in [5.74, 6) is -0.340. The first kappa shape index (κ1) is 18.6. The molecule has 0 aromatic carbocycles. The number of rotatable bonds is 6. The zero-order valence-electron chi connectivity index (χ0n) is 15.0. The predicted molar refractivity (Wildman–Crippen MR) is 101 cm³/mol. The van der Waals surface area contributed by atoms with E-state index in [0.717, 1.165) is 35.4 Å². The van der Waals surface area contributed by atoms with Crippen LogP contribution in [-0.2, 0) is 9.59 Å². The van der Waals surface area contributed by atoms with Gasteiger partial charge in [-0.05, 0) is 36.6 Å². The molecule has 2 aromatic rings. The first-order valence-corrected chi connectivity index (χ1v) is 9.80. The van der Waals surface area contributed by atoms with Crippen molar-refractivity contribution in [2.24, 2.45) is 11.8 Å². The van der Waals surface area contributed by atoms with E-state index in [1.54, 1.807) is 17.7 Å². The average molecular weight is 376 g/mol. The van der Waals surface area contributed by atoms with Gasteiger partial charge in [0.25, 0.3) is 0 Å². The quantitative estimate of drug-likeness (QED) is 0.804. The van der Waals surface area contributed by atoms with Crippen LogP contribution in [0.15, 0.2) is 17.8 Å². The van der Waals surface area contributed by atoms with E-state index in [9.17, 15) is 14.7 Å². The number of hydrogen-bond donors (Lipinski definition) is 2. The fraction of sp³-hybridized carbons (Fsp3) is 0.556. The number of carbonyl (C=O) groups excluding carboxylic acids is 1. The van der Waals surface area contributed by atoms with Gasteiger partial charge in [-0.1, -0.05) is 13.8 Å². The van der Waals surface area contributed by atoms with Crippen LogP contribution in [0.1, 0.15) is 33.1 Å². The second-order valence-corrected chi connectivity index (χ2v) is 8.05. The number of anilines is 1. The molecule has 26 heavy (non-hydrogen) atoms. The van der Waals surface area contributed by atoms with Crippen LogP contribution in [0.5, 0.6) is 0 Å². The number of nitrogens with one attached hydrogen (secondary N) is 1. The van der Waals surface area contributed by atoms with Crippen LogP contribution in [-0.4, -0.2) is 46.1 Å². The second kappa shape index (κ2) is 7.99. The van der Waals surface area contributed by atoms with Gasteiger partial charge < -0.3 is 15.3 Å². The Balaban J connectivity index is 1.70. The number of aromatic nitrogens is 2. The third-order valence-electron chi connectivity index (χ3n) is 4.65. The molecule has 3 heterocycles. The molecule has 0 spiro atoms. The molecule has 0 bridgehead atoms. The third kappa shape index (κ3) is 4.12. The number of aliphatic carboxylic acids is 1. The number of thiophene rings is 1. The fourth-order valence-electron chi connectivity index (χ4n) is 3.39. The van der Waals surface area contributed by atoms with Gasteiger partial charge in [0.15, 0.2) is 0 Å². The van der Waals surface area contributed by atoms with E-state index in [2.05, 4.69) is 20.2 Å². The minimum Gasteiger partial charge on any atom is -0.480 e. The Morgan fingerprint density at radius 1 is 1.42 bits per heavy atom. The predicted octanol–water partition coefficient (Wildman–Crippen LogP) is 2.52. The van der Waals surface area contributed by atoms with Gasteiger partial charge in [0.1, 0.15) is 23.0 Å². The first-order valence-electron chi connectivity index (χ1n) is 8.92. The number of carboxylic acid groups (broad SMARTS) is 1. The topological polar surface area (TPSA) is 95.4 Å². The monoisotopic (exact) mass is 376 g/mol. The Bertz CT molecular complexity index is 792. The van der Waals surface area contributed by atoms with E-state index in [-0.39, 0.29) is 17.7 Å². The van der Waals surface area contributed by atoms with Crippen molar-refractivity contribution in [3.63, 3.8) is 0 Å². The van der Waals surface area contributed by atoms with E-state index in [1.165, 1.54) is 0 Å². The summed E-state index contributed by atoms with van der Waals surface area (Å²) < 4.78 is 0. The van der Waals surface area contributed by atoms with Crippen molar-refractivity contribution in [2.45, 2.75) is 39.2 Å². The molecule has 2 atom stereocenters. The highest BCUT2D eigenvalue weighted by Crippen LogP contribution is 2.30. The van der Waals surface area contributed by atoms with Gasteiger partial charge in [-0.2, -0.15) is 0 Å². The molecule has 140 valence electrons. The maximum Gasteiger partial charge on any atom is 0.326 e. The molecular formula is C18H24N4O3S. The molecule has 0 saturated carbocycles. The number of amides is 1. The Morgan fingerprint density at radius 3 is 2.96 bits per heavy atom. The lowest BCUT2D eigenvalue weighted by molar-refractivity contribution is -0.143. The molecular weight excluding hydrogens is 352 g/mol. The summed E-state index contributed by atoms with van der Waals surface area (Å²) in [7, 11) is 0. The van der Waals surface area contributed by atoms with E-state index < -0.39 is 12.0 Å². The van der Waals surface area contributed by atoms with Crippen molar-refractivity contribution >= 4 is 39.2 Å². The summed E-state index contributed by atoms with van der Waals surface area (Å²) >= 11 is 1.57. The highest BCUT2D eigenvalue weighted by molar-refractivity contribution is 7.16. The van der Waals surface area contributed by atoms with E-state index in [1.807, 2.05) is 25.3 Å². The fourth-order valence-corrected chi connectivity index (χ4v) is 4.12. The summed E-state index contributed by atoms with van der Waals surface area (Å²) in [6.45, 7) is 5.28. The lowest BCUT2D eigenvalue weighted by Gasteiger charge is -2.33. The lowest BCUT2D eigenvalue weighted by atomic mass is 9.95. The van der Waals surface area contributed by atoms with Crippen molar-refractivity contribution < 1.29 is 14.7 Å². The minimum absolute atomic E-state index is 0.182. The molecule has 1 amide bonds. The Hall–Kier alpha value is -2.22. The number of fused-ring (bicyclic) bond motifs is 1. The highest BCUT2D eigenvalue weighted by atomic mass is 32.1. The Morgan fingerprint density at radius 2 is 2.23 bits per heavy atom. The normalized spacial score (nSPS) is 18.9. The van der Waals surface area contributed by atoms with Crippen LogP contribution in [0.4, 0.5) is 5.82 Å². The zero-order chi connectivity index (χ0) is 18.7. The molecule has 2 N–H and O–H groups in total. The molecule has 8 heteroatoms. The molecule has 0 radical (unpaired) electrons. The number of hydrogen-bond acceptors (Lipinski definition) is 6. The van der Waals surface area contributed by atoms with E-state index in [4.69, 9.17) is 0 Å². The van der Waals surface area contributed by atoms with Gasteiger partial charge in [0, 0.05) is 13.1 Å². The van der Waals surface area contributed by atoms with Crippen LogP contribution >= 0.6 is 11.3 Å². The van der Waals surface area contributed by atoms with Crippen LogP contribution in [0.25, 0.3) is 10.2 Å². The zero-order valence-corrected chi connectivity index (χ0v) is 15.8. The van der Waals surface area contributed by atoms with E-state index >= 15 is 0 Å². The summed E-state index contributed by atoms with van der Waals surface area (Å²) in [6.07, 6.45) is 3.61. The van der Waals surface area contributed by atoms with Crippen molar-refractivity contribution in [3.8, 4) is 0 Å². The number of nitrogens with zero attached hydrogens (tertiary/aromatic N) is 3. The molecule has 1 aliphatic heterocycles. The van der Waals surface area contributed by atoms with Crippen LogP contribution < -0.4 is 10.2 Å². The molecule has 1 saturated heterocycles. The van der Waals surface area contributed by atoms with Gasteiger partial charge in [0.05, 0.1) is 11.3 Å². The summed E-state index contributed by atoms with van der Waals surface area (Å²) in [5, 5.41) is 15.1. The molecule has 3 rings (SSSR count). The van der Waals surface area contributed by atoms with Crippen LogP contribution in [0.3, 0.4) is 0 Å². The SMILES string of the molecule is CC(C)CC(NC(=O)C1CCCN(c2ncnc3sccc23)C1)C(=O)O. The molecule has 1 fully saturated rings. The number of carbonyl (C=O) groups is 2. The van der Waals surface area contributed by atoms with Gasteiger partial charge in [-0.25, -0.2) is 14.8 Å². The van der Waals surface area contributed by atoms with Gasteiger partial charge >= 0.3 is 5.97 Å². The standard InChI is InChI=1S/C18H24N4O3S/c1-11(2)8-14(18(24)25)21-16(23)12-4-3-6-22(9-12)15-13-5-7-26-17(13)20-10-19-15/h5,7,10-12,14H,3-4,6,8-9H2,1-2H3,(H,21,23)(H,24,25). The number of carboxylic acids is 1. The maximum atomic E-state index is 12.7. The Labute approximate surface area is 156 Å². The number of piperidine rings is 1. The van der Waals surface area contributed by atoms with Crippen molar-refractivity contribution in [3.05, 3.63) is 17.8 Å². The molecule has 1 aliphatic rings. The molecule has 0 aliphatic carbocycles. The third-order valence-corrected chi connectivity index (χ3v) is 5.47. The summed E-state index contributed by atoms with van der Waals surface area (Å²) in [4.78, 5) is 35.8. The largest absolute Gasteiger partial charge is 0.480 e. The Kier molecular flexibility index (Phi) is 5.70.